The zero-order chi connectivity index (χ0) is 10.5. The first-order chi connectivity index (χ1) is 7.36. The predicted octanol–water partition coefficient (Wildman–Crippen LogP) is 2.48. The Labute approximate surface area is 91.4 Å². The van der Waals surface area contributed by atoms with Gasteiger partial charge < -0.3 is 4.81 Å². The third kappa shape index (κ3) is 2.69. The molecule has 2 rings (SSSR count). The number of hydrogen-bond acceptors (Lipinski definition) is 1. The first kappa shape index (κ1) is 9.97. The van der Waals surface area contributed by atoms with Crippen LogP contribution in [-0.4, -0.2) is 13.5 Å². The molecule has 0 aliphatic heterocycles. The smallest absolute Gasteiger partial charge is 0.000672 e. The van der Waals surface area contributed by atoms with Gasteiger partial charge in [0, 0.05) is 6.54 Å². The summed E-state index contributed by atoms with van der Waals surface area (Å²) in [4.78, 5) is 2.33. The van der Waals surface area contributed by atoms with E-state index in [1.54, 1.807) is 0 Å². The van der Waals surface area contributed by atoms with Gasteiger partial charge in [-0.25, -0.2) is 11.9 Å². The summed E-state index contributed by atoms with van der Waals surface area (Å²) in [6, 6.07) is 16.8. The van der Waals surface area contributed by atoms with E-state index >= 15 is 0 Å². The average molecular weight is 196 g/mol. The van der Waals surface area contributed by atoms with Crippen molar-refractivity contribution in [3.8, 4) is 0 Å². The maximum Gasteiger partial charge on any atom is 0.000672 e. The lowest BCUT2D eigenvalue weighted by atomic mass is 9.77. The summed E-state index contributed by atoms with van der Waals surface area (Å²) in [7, 11) is 2.15. The van der Waals surface area contributed by atoms with Gasteiger partial charge in [0.05, 0.1) is 0 Å². The average Bonchev–Trinajstić information content (AvgIpc) is 2.31. The summed E-state index contributed by atoms with van der Waals surface area (Å²) in [5.74, 6) is 4.42. The number of rotatable bonds is 3. The molecule has 2 heteroatoms. The molecule has 1 nitrogen and oxygen atoms in total. The van der Waals surface area contributed by atoms with Gasteiger partial charge in [0.2, 0.25) is 0 Å². The zero-order valence-corrected chi connectivity index (χ0v) is 9.01. The molecule has 15 heavy (non-hydrogen) atoms. The summed E-state index contributed by atoms with van der Waals surface area (Å²) in [6.45, 7) is 1.41. The van der Waals surface area contributed by atoms with Crippen molar-refractivity contribution in [2.45, 2.75) is 6.54 Å². The van der Waals surface area contributed by atoms with Crippen LogP contribution in [0.1, 0.15) is 5.56 Å². The Morgan fingerprint density at radius 1 is 0.933 bits per heavy atom. The van der Waals surface area contributed by atoms with Crippen molar-refractivity contribution in [3.05, 3.63) is 66.0 Å². The molecule has 0 saturated heterocycles. The highest BCUT2D eigenvalue weighted by Crippen LogP contribution is 2.01. The summed E-state index contributed by atoms with van der Waals surface area (Å²) in [5, 5.41) is 0. The molecule has 0 aliphatic carbocycles. The molecule has 0 spiro atoms. The van der Waals surface area contributed by atoms with Crippen molar-refractivity contribution in [2.24, 2.45) is 0 Å². The van der Waals surface area contributed by atoms with Crippen molar-refractivity contribution in [3.63, 3.8) is 0 Å². The largest absolute Gasteiger partial charge is 0.582 e. The Hall–Kier alpha value is -1.57. The maximum atomic E-state index is 2.33. The predicted molar refractivity (Wildman–Crippen MR) is 66.7 cm³/mol. The van der Waals surface area contributed by atoms with Gasteiger partial charge in [0.15, 0.2) is 0 Å². The molecule has 2 aromatic rings. The second kappa shape index (κ2) is 4.78. The van der Waals surface area contributed by atoms with Crippen molar-refractivity contribution in [2.75, 3.05) is 11.9 Å². The van der Waals surface area contributed by atoms with E-state index in [-0.39, 0.29) is 0 Å². The molecule has 0 radical (unpaired) electrons. The molecule has 0 unspecified atom stereocenters. The lowest BCUT2D eigenvalue weighted by molar-refractivity contribution is 0.982. The van der Waals surface area contributed by atoms with Crippen LogP contribution in [0.15, 0.2) is 60.5 Å². The summed E-state index contributed by atoms with van der Waals surface area (Å²) in [6.07, 6.45) is 0. The number of hydrogen-bond donors (Lipinski definition) is 0. The molecule has 0 saturated carbocycles. The van der Waals surface area contributed by atoms with Crippen molar-refractivity contribution >= 4 is 6.48 Å². The first-order valence-corrected chi connectivity index (χ1v) is 5.29. The fraction of sp³-hybridized carbons (Fsp3) is 0.154. The maximum absolute atomic E-state index is 2.33. The Bertz CT molecular complexity index is 399. The van der Waals surface area contributed by atoms with Crippen LogP contribution in [0, 0.1) is 0 Å². The van der Waals surface area contributed by atoms with Gasteiger partial charge in [-0.3, -0.25) is 0 Å². The number of benzene rings is 1. The summed E-state index contributed by atoms with van der Waals surface area (Å²) >= 11 is 0. The van der Waals surface area contributed by atoms with Crippen molar-refractivity contribution in [1.82, 2.24) is 0 Å². The molecule has 76 valence electrons. The summed E-state index contributed by atoms with van der Waals surface area (Å²) in [5.41, 5.74) is 1.36. The minimum absolute atomic E-state index is 0.426. The fourth-order valence-electron chi connectivity index (χ4n) is 1.75. The van der Waals surface area contributed by atoms with Gasteiger partial charge in [-0.15, -0.1) is 12.1 Å². The molecule has 0 aliphatic rings. The highest BCUT2D eigenvalue weighted by molar-refractivity contribution is 6.53. The minimum atomic E-state index is 0.426. The lowest BCUT2D eigenvalue weighted by Crippen LogP contribution is -2.29. The quantitative estimate of drug-likeness (QED) is 0.728. The fourth-order valence-corrected chi connectivity index (χ4v) is 1.75. The molecule has 0 N–H and O–H groups in total. The molecule has 1 aromatic carbocycles. The van der Waals surface area contributed by atoms with Crippen LogP contribution in [0.25, 0.3) is 0 Å². The van der Waals surface area contributed by atoms with E-state index in [0.29, 0.717) is 6.48 Å². The van der Waals surface area contributed by atoms with Gasteiger partial charge in [0.25, 0.3) is 0 Å². The monoisotopic (exact) mass is 196 g/mol. The van der Waals surface area contributed by atoms with E-state index in [1.807, 2.05) is 0 Å². The van der Waals surface area contributed by atoms with Gasteiger partial charge in [-0.1, -0.05) is 36.4 Å². The van der Waals surface area contributed by atoms with E-state index < -0.39 is 0 Å². The molecule has 0 amide bonds. The van der Waals surface area contributed by atoms with E-state index in [4.69, 9.17) is 0 Å². The van der Waals surface area contributed by atoms with Crippen LogP contribution in [0.4, 0.5) is 0 Å². The van der Waals surface area contributed by atoms with E-state index in [0.717, 1.165) is 6.54 Å². The van der Waals surface area contributed by atoms with Crippen LogP contribution in [-0.2, 0) is 6.54 Å². The van der Waals surface area contributed by atoms with Crippen LogP contribution in [0.3, 0.4) is 0 Å². The highest BCUT2D eigenvalue weighted by Gasteiger charge is 1.91. The molecule has 1 aromatic heterocycles. The highest BCUT2D eigenvalue weighted by atomic mass is 15.0. The van der Waals surface area contributed by atoms with Gasteiger partial charge >= 0.3 is 0 Å². The Balaban J connectivity index is 2.08. The van der Waals surface area contributed by atoms with E-state index in [1.165, 1.54) is 5.56 Å². The third-order valence-electron chi connectivity index (χ3n) is 2.62. The van der Waals surface area contributed by atoms with Crippen molar-refractivity contribution < 1.29 is 0 Å². The van der Waals surface area contributed by atoms with Crippen molar-refractivity contribution in [1.29, 1.82) is 0 Å². The van der Waals surface area contributed by atoms with Crippen LogP contribution >= 0.6 is 0 Å². The van der Waals surface area contributed by atoms with E-state index in [9.17, 15) is 0 Å². The van der Waals surface area contributed by atoms with Gasteiger partial charge in [-0.2, -0.15) is 0 Å². The first-order valence-electron chi connectivity index (χ1n) is 5.29. The molecular weight excluding hydrogens is 181 g/mol. The standard InChI is InChI=1S/C13H15BN/c1-15(14-10-6-3-7-11-14)12-13-8-4-2-5-9-13/h2-11H,12H2,1H3/q-1. The second-order valence-corrected chi connectivity index (χ2v) is 3.85. The topological polar surface area (TPSA) is 3.24 Å². The molecule has 1 heterocycles. The second-order valence-electron chi connectivity index (χ2n) is 3.85. The molecule has 0 atom stereocenters. The lowest BCUT2D eigenvalue weighted by Gasteiger charge is -2.31. The molecule has 0 fully saturated rings. The Morgan fingerprint density at radius 2 is 1.53 bits per heavy atom. The molecular formula is C13H15BN-. The normalized spacial score (nSPS) is 9.93. The van der Waals surface area contributed by atoms with Crippen LogP contribution < -0.4 is 4.81 Å². The molecule has 0 bridgehead atoms. The SMILES string of the molecule is CN(Cc1ccccc1)[b-]1ccccc1. The van der Waals surface area contributed by atoms with E-state index in [2.05, 4.69) is 72.3 Å². The summed E-state index contributed by atoms with van der Waals surface area (Å²) < 4.78 is 0. The Morgan fingerprint density at radius 3 is 2.20 bits per heavy atom. The van der Waals surface area contributed by atoms with Gasteiger partial charge in [0.1, 0.15) is 0 Å². The number of nitrogens with zero attached hydrogens (tertiary/aromatic N) is 1. The Kier molecular flexibility index (Phi) is 3.18. The minimum Gasteiger partial charge on any atom is -0.582 e. The van der Waals surface area contributed by atoms with Gasteiger partial charge in [-0.05, 0) is 19.1 Å². The third-order valence-corrected chi connectivity index (χ3v) is 2.62. The van der Waals surface area contributed by atoms with Crippen LogP contribution in [0.2, 0.25) is 0 Å². The van der Waals surface area contributed by atoms with Crippen LogP contribution in [0.5, 0.6) is 0 Å². The zero-order valence-electron chi connectivity index (χ0n) is 9.01.